The molecule has 0 saturated carbocycles. The predicted molar refractivity (Wildman–Crippen MR) is 48.3 cm³/mol. The largest absolute Gasteiger partial charge is 0.384 e. The Morgan fingerprint density at radius 3 is 2.58 bits per heavy atom. The third-order valence-electron chi connectivity index (χ3n) is 1.02. The van der Waals surface area contributed by atoms with Gasteiger partial charge in [-0.1, -0.05) is 31.1 Å². The highest BCUT2D eigenvalue weighted by Gasteiger charge is 1.84. The van der Waals surface area contributed by atoms with E-state index in [2.05, 4.69) is 25.0 Å². The van der Waals surface area contributed by atoms with Crippen LogP contribution in [0.15, 0.2) is 36.5 Å². The van der Waals surface area contributed by atoms with Crippen molar-refractivity contribution in [3.8, 4) is 11.8 Å². The summed E-state index contributed by atoms with van der Waals surface area (Å²) in [7, 11) is 0. The fourth-order valence-corrected chi connectivity index (χ4v) is 0.458. The van der Waals surface area contributed by atoms with Crippen molar-refractivity contribution in [3.05, 3.63) is 36.5 Å². The van der Waals surface area contributed by atoms with Gasteiger partial charge < -0.3 is 5.11 Å². The molecule has 0 unspecified atom stereocenters. The number of aliphatic hydroxyl groups excluding tert-OH is 1. The number of alkyl halides is 1. The summed E-state index contributed by atoms with van der Waals surface area (Å²) >= 11 is 0. The van der Waals surface area contributed by atoms with E-state index in [-0.39, 0.29) is 6.61 Å². The molecule has 1 N–H and O–H groups in total. The van der Waals surface area contributed by atoms with Crippen LogP contribution in [0.5, 0.6) is 0 Å². The maximum absolute atomic E-state index is 11.8. The summed E-state index contributed by atoms with van der Waals surface area (Å²) in [4.78, 5) is 0. The first-order valence-electron chi connectivity index (χ1n) is 3.41. The average molecular weight is 166 g/mol. The highest BCUT2D eigenvalue weighted by molar-refractivity contribution is 5.38. The van der Waals surface area contributed by atoms with Gasteiger partial charge in [-0.15, -0.1) is 0 Å². The molecule has 0 saturated heterocycles. The Labute approximate surface area is 71.9 Å². The first-order chi connectivity index (χ1) is 5.70. The molecule has 0 amide bonds. The van der Waals surface area contributed by atoms with E-state index in [9.17, 15) is 4.39 Å². The zero-order chi connectivity index (χ0) is 9.40. The van der Waals surface area contributed by atoms with Crippen molar-refractivity contribution in [3.63, 3.8) is 0 Å². The Morgan fingerprint density at radius 1 is 1.42 bits per heavy atom. The van der Waals surface area contributed by atoms with Crippen LogP contribution >= 0.6 is 0 Å². The molecule has 0 rings (SSSR count). The number of hydrogen-bond acceptors (Lipinski definition) is 1. The molecule has 2 heteroatoms. The lowest BCUT2D eigenvalue weighted by Crippen LogP contribution is -1.77. The molecular weight excluding hydrogens is 155 g/mol. The van der Waals surface area contributed by atoms with Crippen molar-refractivity contribution >= 4 is 0 Å². The van der Waals surface area contributed by atoms with Gasteiger partial charge in [-0.25, -0.2) is 4.39 Å². The van der Waals surface area contributed by atoms with Gasteiger partial charge in [-0.2, -0.15) is 0 Å². The molecule has 0 spiro atoms. The summed E-state index contributed by atoms with van der Waals surface area (Å²) in [5.41, 5.74) is 0.903. The summed E-state index contributed by atoms with van der Waals surface area (Å²) in [5, 5.41) is 8.32. The van der Waals surface area contributed by atoms with E-state index in [1.165, 1.54) is 6.08 Å². The maximum Gasteiger partial charge on any atom is 0.114 e. The lowest BCUT2D eigenvalue weighted by molar-refractivity contribution is 0.350. The third kappa shape index (κ3) is 5.45. The van der Waals surface area contributed by atoms with Gasteiger partial charge in [0, 0.05) is 5.57 Å². The van der Waals surface area contributed by atoms with Crippen molar-refractivity contribution in [1.82, 2.24) is 0 Å². The van der Waals surface area contributed by atoms with Crippen LogP contribution in [0.3, 0.4) is 0 Å². The van der Waals surface area contributed by atoms with E-state index in [0.29, 0.717) is 11.1 Å². The van der Waals surface area contributed by atoms with Crippen LogP contribution in [0.2, 0.25) is 0 Å². The van der Waals surface area contributed by atoms with Crippen molar-refractivity contribution in [2.24, 2.45) is 0 Å². The third-order valence-corrected chi connectivity index (χ3v) is 1.02. The summed E-state index contributed by atoms with van der Waals surface area (Å²) in [5.74, 6) is 4.99. The monoisotopic (exact) mass is 166 g/mol. The summed E-state index contributed by atoms with van der Waals surface area (Å²) < 4.78 is 11.8. The standard InChI is InChI=1S/C10H11FO/c1-9(4-3-7-12)5-6-10(2)8-11/h5-6,12H,1-2,7-8H2/b6-5-. The van der Waals surface area contributed by atoms with Crippen molar-refractivity contribution in [2.75, 3.05) is 13.3 Å². The topological polar surface area (TPSA) is 20.2 Å². The van der Waals surface area contributed by atoms with Gasteiger partial charge >= 0.3 is 0 Å². The first-order valence-corrected chi connectivity index (χ1v) is 3.41. The second-order valence-electron chi connectivity index (χ2n) is 2.11. The second-order valence-corrected chi connectivity index (χ2v) is 2.11. The Balaban J connectivity index is 4.00. The fraction of sp³-hybridized carbons (Fsp3) is 0.200. The normalized spacial score (nSPS) is 9.17. The first kappa shape index (κ1) is 10.7. The van der Waals surface area contributed by atoms with E-state index in [1.54, 1.807) is 6.08 Å². The molecule has 0 aliphatic heterocycles. The Morgan fingerprint density at radius 2 is 2.08 bits per heavy atom. The molecular formula is C10H11FO. The molecule has 0 aliphatic carbocycles. The Hall–Kier alpha value is -1.33. The number of rotatable bonds is 3. The van der Waals surface area contributed by atoms with Crippen LogP contribution in [0.25, 0.3) is 0 Å². The van der Waals surface area contributed by atoms with Crippen molar-refractivity contribution < 1.29 is 9.50 Å². The molecule has 0 aromatic heterocycles. The molecule has 0 aliphatic rings. The number of aliphatic hydroxyl groups is 1. The van der Waals surface area contributed by atoms with Gasteiger partial charge in [0.1, 0.15) is 13.3 Å². The van der Waals surface area contributed by atoms with E-state index < -0.39 is 6.67 Å². The van der Waals surface area contributed by atoms with Gasteiger partial charge in [0.05, 0.1) is 0 Å². The minimum absolute atomic E-state index is 0.198. The molecule has 0 aromatic carbocycles. The SMILES string of the molecule is C=C(C#CCO)/C=C\C(=C)CF. The van der Waals surface area contributed by atoms with E-state index >= 15 is 0 Å². The second kappa shape index (κ2) is 6.38. The molecule has 0 bridgehead atoms. The Kier molecular flexibility index (Phi) is 5.68. The van der Waals surface area contributed by atoms with Gasteiger partial charge in [-0.3, -0.25) is 0 Å². The Bertz CT molecular complexity index is 253. The number of halogens is 1. The van der Waals surface area contributed by atoms with Crippen LogP contribution in [0, 0.1) is 11.8 Å². The highest BCUT2D eigenvalue weighted by Crippen LogP contribution is 1.97. The van der Waals surface area contributed by atoms with Gasteiger partial charge in [-0.05, 0) is 11.6 Å². The molecule has 0 fully saturated rings. The van der Waals surface area contributed by atoms with E-state index in [0.717, 1.165) is 0 Å². The molecule has 0 radical (unpaired) electrons. The number of allylic oxidation sites excluding steroid dienone is 4. The molecule has 0 atom stereocenters. The van der Waals surface area contributed by atoms with Crippen LogP contribution in [-0.4, -0.2) is 18.4 Å². The van der Waals surface area contributed by atoms with Gasteiger partial charge in [0.2, 0.25) is 0 Å². The van der Waals surface area contributed by atoms with E-state index in [4.69, 9.17) is 5.11 Å². The smallest absolute Gasteiger partial charge is 0.114 e. The summed E-state index contributed by atoms with van der Waals surface area (Å²) in [6.07, 6.45) is 3.07. The minimum Gasteiger partial charge on any atom is -0.384 e. The van der Waals surface area contributed by atoms with Crippen LogP contribution in [-0.2, 0) is 0 Å². The summed E-state index contributed by atoms with van der Waals surface area (Å²) in [6, 6.07) is 0. The molecule has 0 aromatic rings. The molecule has 12 heavy (non-hydrogen) atoms. The van der Waals surface area contributed by atoms with Crippen molar-refractivity contribution in [1.29, 1.82) is 0 Å². The summed E-state index contributed by atoms with van der Waals surface area (Å²) in [6.45, 7) is 6.22. The average Bonchev–Trinajstić information content (AvgIpc) is 2.10. The van der Waals surface area contributed by atoms with Gasteiger partial charge in [0.15, 0.2) is 0 Å². The van der Waals surface area contributed by atoms with E-state index in [1.807, 2.05) is 0 Å². The predicted octanol–water partition coefficient (Wildman–Crippen LogP) is 1.62. The molecule has 0 heterocycles. The van der Waals surface area contributed by atoms with Crippen LogP contribution in [0.1, 0.15) is 0 Å². The molecule has 1 nitrogen and oxygen atoms in total. The molecule has 64 valence electrons. The lowest BCUT2D eigenvalue weighted by atomic mass is 10.2. The zero-order valence-corrected chi connectivity index (χ0v) is 6.81. The van der Waals surface area contributed by atoms with Crippen LogP contribution in [0.4, 0.5) is 4.39 Å². The van der Waals surface area contributed by atoms with Crippen molar-refractivity contribution in [2.45, 2.75) is 0 Å². The minimum atomic E-state index is -0.572. The zero-order valence-electron chi connectivity index (χ0n) is 6.81. The number of hydrogen-bond donors (Lipinski definition) is 1. The maximum atomic E-state index is 11.8. The fourth-order valence-electron chi connectivity index (χ4n) is 0.458. The van der Waals surface area contributed by atoms with Crippen LogP contribution < -0.4 is 0 Å². The lowest BCUT2D eigenvalue weighted by Gasteiger charge is -1.88. The highest BCUT2D eigenvalue weighted by atomic mass is 19.1. The quantitative estimate of drug-likeness (QED) is 0.499. The van der Waals surface area contributed by atoms with Gasteiger partial charge in [0.25, 0.3) is 0 Å².